The monoisotopic (exact) mass is 311 g/mol. The minimum Gasteiger partial charge on any atom is -0.339 e. The number of imide groups is 1. The predicted molar refractivity (Wildman–Crippen MR) is 71.8 cm³/mol. The Kier molecular flexibility index (Phi) is 3.90. The van der Waals surface area contributed by atoms with Crippen molar-refractivity contribution in [1.29, 1.82) is 0 Å². The average Bonchev–Trinajstić information content (AvgIpc) is 2.66. The number of nitrogens with one attached hydrogen (secondary N) is 1. The van der Waals surface area contributed by atoms with Crippen LogP contribution in [0.2, 0.25) is 5.02 Å². The number of hydrogen-bond donors (Lipinski definition) is 1. The molecule has 8 nitrogen and oxygen atoms in total. The zero-order valence-corrected chi connectivity index (χ0v) is 11.6. The lowest BCUT2D eigenvalue weighted by atomic mass is 10.1. The van der Waals surface area contributed by atoms with Gasteiger partial charge in [-0.1, -0.05) is 11.6 Å². The first-order valence-electron chi connectivity index (χ1n) is 5.86. The van der Waals surface area contributed by atoms with Crippen molar-refractivity contribution in [2.45, 2.75) is 12.5 Å². The maximum Gasteiger partial charge on any atom is 0.282 e. The molecule has 2 rings (SSSR count). The molecule has 0 aliphatic carbocycles. The molecule has 110 valence electrons. The Morgan fingerprint density at radius 2 is 2.14 bits per heavy atom. The summed E-state index contributed by atoms with van der Waals surface area (Å²) in [6.45, 7) is 0. The summed E-state index contributed by atoms with van der Waals surface area (Å²) < 4.78 is 0. The molecule has 1 heterocycles. The van der Waals surface area contributed by atoms with Gasteiger partial charge in [-0.15, -0.1) is 0 Å². The van der Waals surface area contributed by atoms with Crippen LogP contribution in [-0.2, 0) is 9.59 Å². The summed E-state index contributed by atoms with van der Waals surface area (Å²) in [5, 5.41) is 13.4. The molecule has 0 aromatic heterocycles. The normalized spacial score (nSPS) is 18.0. The van der Waals surface area contributed by atoms with Crippen LogP contribution in [0.15, 0.2) is 18.2 Å². The number of rotatable bonds is 3. The van der Waals surface area contributed by atoms with Crippen LogP contribution in [0.1, 0.15) is 16.8 Å². The van der Waals surface area contributed by atoms with E-state index in [0.29, 0.717) is 0 Å². The largest absolute Gasteiger partial charge is 0.339 e. The fourth-order valence-electron chi connectivity index (χ4n) is 1.95. The first-order valence-corrected chi connectivity index (χ1v) is 6.24. The lowest BCUT2D eigenvalue weighted by molar-refractivity contribution is -0.385. The van der Waals surface area contributed by atoms with Crippen molar-refractivity contribution in [2.75, 3.05) is 7.05 Å². The minimum atomic E-state index is -1.02. The van der Waals surface area contributed by atoms with Crippen LogP contribution < -0.4 is 5.32 Å². The topological polar surface area (TPSA) is 110 Å². The Hall–Kier alpha value is -2.48. The van der Waals surface area contributed by atoms with Gasteiger partial charge in [-0.25, -0.2) is 0 Å². The number of nitro benzene ring substituents is 1. The second-order valence-corrected chi connectivity index (χ2v) is 4.88. The molecule has 0 spiro atoms. The van der Waals surface area contributed by atoms with E-state index in [1.807, 2.05) is 0 Å². The van der Waals surface area contributed by atoms with Gasteiger partial charge >= 0.3 is 0 Å². The van der Waals surface area contributed by atoms with E-state index in [2.05, 4.69) is 5.32 Å². The van der Waals surface area contributed by atoms with Crippen LogP contribution >= 0.6 is 11.6 Å². The van der Waals surface area contributed by atoms with E-state index in [-0.39, 0.29) is 17.0 Å². The molecular formula is C12H10ClN3O5. The highest BCUT2D eigenvalue weighted by molar-refractivity contribution is 6.31. The highest BCUT2D eigenvalue weighted by Gasteiger charge is 2.37. The van der Waals surface area contributed by atoms with Crippen LogP contribution in [0.3, 0.4) is 0 Å². The number of likely N-dealkylation sites (tertiary alicyclic amines) is 1. The zero-order chi connectivity index (χ0) is 15.7. The second-order valence-electron chi connectivity index (χ2n) is 4.44. The molecule has 1 fully saturated rings. The lowest BCUT2D eigenvalue weighted by Gasteiger charge is -2.11. The van der Waals surface area contributed by atoms with E-state index >= 15 is 0 Å². The zero-order valence-electron chi connectivity index (χ0n) is 10.8. The number of carbonyl (C=O) groups excluding carboxylic acids is 3. The Bertz CT molecular complexity index is 660. The molecule has 1 aliphatic heterocycles. The Labute approximate surface area is 123 Å². The number of nitrogens with zero attached hydrogens (tertiary/aromatic N) is 2. The maximum absolute atomic E-state index is 12.1. The van der Waals surface area contributed by atoms with E-state index in [0.717, 1.165) is 17.0 Å². The molecule has 1 unspecified atom stereocenters. The lowest BCUT2D eigenvalue weighted by Crippen LogP contribution is -2.40. The molecule has 9 heteroatoms. The first-order chi connectivity index (χ1) is 9.81. The fourth-order valence-corrected chi connectivity index (χ4v) is 2.13. The number of carbonyl (C=O) groups is 3. The molecule has 1 aromatic rings. The summed E-state index contributed by atoms with van der Waals surface area (Å²) in [6, 6.07) is 2.51. The minimum absolute atomic E-state index is 0.150. The van der Waals surface area contributed by atoms with Crippen LogP contribution in [0, 0.1) is 10.1 Å². The molecule has 3 amide bonds. The summed E-state index contributed by atoms with van der Waals surface area (Å²) in [5.41, 5.74) is -0.690. The molecule has 0 saturated carbocycles. The van der Waals surface area contributed by atoms with Gasteiger partial charge in [-0.2, -0.15) is 0 Å². The number of hydrogen-bond acceptors (Lipinski definition) is 5. The summed E-state index contributed by atoms with van der Waals surface area (Å²) in [6.07, 6.45) is -0.171. The standard InChI is InChI=1S/C12H10ClN3O5/c1-15-10(17)5-8(12(15)19)14-11(18)7-4-6(13)2-3-9(7)16(20)21/h2-4,8H,5H2,1H3,(H,14,18). The number of likely N-dealkylation sites (N-methyl/N-ethyl adjacent to an activating group) is 1. The van der Waals surface area contributed by atoms with Crippen LogP contribution in [0.25, 0.3) is 0 Å². The third kappa shape index (κ3) is 2.84. The molecular weight excluding hydrogens is 302 g/mol. The number of halogens is 1. The molecule has 21 heavy (non-hydrogen) atoms. The van der Waals surface area contributed by atoms with Gasteiger partial charge in [0.15, 0.2) is 0 Å². The Morgan fingerprint density at radius 3 is 2.67 bits per heavy atom. The molecule has 1 saturated heterocycles. The van der Waals surface area contributed by atoms with Crippen molar-refractivity contribution >= 4 is 35.0 Å². The van der Waals surface area contributed by atoms with Crippen LogP contribution in [0.5, 0.6) is 0 Å². The molecule has 1 atom stereocenters. The molecule has 1 N–H and O–H groups in total. The smallest absolute Gasteiger partial charge is 0.282 e. The van der Waals surface area contributed by atoms with Crippen molar-refractivity contribution in [3.05, 3.63) is 38.9 Å². The molecule has 1 aromatic carbocycles. The van der Waals surface area contributed by atoms with Crippen molar-refractivity contribution in [2.24, 2.45) is 0 Å². The second kappa shape index (κ2) is 5.49. The van der Waals surface area contributed by atoms with E-state index in [1.165, 1.54) is 13.1 Å². The quantitative estimate of drug-likeness (QED) is 0.503. The van der Waals surface area contributed by atoms with Gasteiger partial charge in [0, 0.05) is 18.1 Å². The summed E-state index contributed by atoms with van der Waals surface area (Å²) >= 11 is 5.73. The fraction of sp³-hybridized carbons (Fsp3) is 0.250. The van der Waals surface area contributed by atoms with Crippen LogP contribution in [-0.4, -0.2) is 40.6 Å². The summed E-state index contributed by atoms with van der Waals surface area (Å²) in [5.74, 6) is -1.81. The summed E-state index contributed by atoms with van der Waals surface area (Å²) in [4.78, 5) is 46.2. The number of amides is 3. The van der Waals surface area contributed by atoms with Gasteiger partial charge < -0.3 is 5.32 Å². The van der Waals surface area contributed by atoms with E-state index in [4.69, 9.17) is 11.6 Å². The van der Waals surface area contributed by atoms with Gasteiger partial charge in [-0.3, -0.25) is 29.4 Å². The molecule has 0 bridgehead atoms. The van der Waals surface area contributed by atoms with Crippen molar-refractivity contribution in [3.63, 3.8) is 0 Å². The van der Waals surface area contributed by atoms with E-state index in [9.17, 15) is 24.5 Å². The van der Waals surface area contributed by atoms with E-state index < -0.39 is 34.4 Å². The SMILES string of the molecule is CN1C(=O)CC(NC(=O)c2cc(Cl)ccc2[N+](=O)[O-])C1=O. The maximum atomic E-state index is 12.1. The van der Waals surface area contributed by atoms with Gasteiger partial charge in [0.25, 0.3) is 17.5 Å². The molecule has 1 aliphatic rings. The van der Waals surface area contributed by atoms with Gasteiger partial charge in [0.05, 0.1) is 11.3 Å². The number of benzene rings is 1. The van der Waals surface area contributed by atoms with Gasteiger partial charge in [0.2, 0.25) is 5.91 Å². The Balaban J connectivity index is 2.25. The van der Waals surface area contributed by atoms with Gasteiger partial charge in [-0.05, 0) is 12.1 Å². The van der Waals surface area contributed by atoms with Crippen molar-refractivity contribution in [1.82, 2.24) is 10.2 Å². The van der Waals surface area contributed by atoms with E-state index in [1.54, 1.807) is 0 Å². The predicted octanol–water partition coefficient (Wildman–Crippen LogP) is 0.735. The highest BCUT2D eigenvalue weighted by atomic mass is 35.5. The van der Waals surface area contributed by atoms with Gasteiger partial charge in [0.1, 0.15) is 11.6 Å². The Morgan fingerprint density at radius 1 is 1.48 bits per heavy atom. The average molecular weight is 312 g/mol. The highest BCUT2D eigenvalue weighted by Crippen LogP contribution is 2.23. The first kappa shape index (κ1) is 14.9. The third-order valence-corrected chi connectivity index (χ3v) is 3.32. The number of nitro groups is 1. The van der Waals surface area contributed by atoms with Crippen molar-refractivity contribution in [3.8, 4) is 0 Å². The van der Waals surface area contributed by atoms with Crippen molar-refractivity contribution < 1.29 is 19.3 Å². The summed E-state index contributed by atoms with van der Waals surface area (Å²) in [7, 11) is 1.30. The van der Waals surface area contributed by atoms with Crippen LogP contribution in [0.4, 0.5) is 5.69 Å². The third-order valence-electron chi connectivity index (χ3n) is 3.09. The molecule has 0 radical (unpaired) electrons.